The van der Waals surface area contributed by atoms with Crippen LogP contribution in [0.2, 0.25) is 0 Å². The predicted octanol–water partition coefficient (Wildman–Crippen LogP) is -0.851. The van der Waals surface area contributed by atoms with E-state index < -0.39 is 11.9 Å². The number of nitrogens with zero attached hydrogens (tertiary/aromatic N) is 3. The van der Waals surface area contributed by atoms with Gasteiger partial charge in [-0.1, -0.05) is 5.21 Å². The monoisotopic (exact) mass is 185 g/mol. The van der Waals surface area contributed by atoms with Gasteiger partial charge in [-0.2, -0.15) is 0 Å². The summed E-state index contributed by atoms with van der Waals surface area (Å²) in [5.41, 5.74) is -0.0104. The second-order valence-electron chi connectivity index (χ2n) is 2.19. The summed E-state index contributed by atoms with van der Waals surface area (Å²) in [4.78, 5) is 21.0. The van der Waals surface area contributed by atoms with Crippen molar-refractivity contribution in [2.75, 3.05) is 7.11 Å². The van der Waals surface area contributed by atoms with Crippen LogP contribution in [0.3, 0.4) is 0 Å². The van der Waals surface area contributed by atoms with E-state index in [1.165, 1.54) is 13.3 Å². The van der Waals surface area contributed by atoms with Crippen LogP contribution < -0.4 is 0 Å². The largest absolute Gasteiger partial charge is 0.480 e. The molecule has 1 rings (SSSR count). The molecule has 0 fully saturated rings. The van der Waals surface area contributed by atoms with E-state index >= 15 is 0 Å². The molecule has 0 saturated heterocycles. The van der Waals surface area contributed by atoms with Gasteiger partial charge in [0.15, 0.2) is 5.69 Å². The lowest BCUT2D eigenvalue weighted by atomic mass is 10.5. The fourth-order valence-electron chi connectivity index (χ4n) is 0.712. The summed E-state index contributed by atoms with van der Waals surface area (Å²) in [6.07, 6.45) is 1.21. The normalized spacial score (nSPS) is 9.62. The minimum absolute atomic E-state index is 0.0104. The Morgan fingerprint density at radius 2 is 2.38 bits per heavy atom. The van der Waals surface area contributed by atoms with Gasteiger partial charge in [0.2, 0.25) is 0 Å². The van der Waals surface area contributed by atoms with Crippen LogP contribution in [0.15, 0.2) is 6.20 Å². The number of carbonyl (C=O) groups is 2. The van der Waals surface area contributed by atoms with Crippen LogP contribution in [0.4, 0.5) is 0 Å². The van der Waals surface area contributed by atoms with E-state index in [0.29, 0.717) is 0 Å². The summed E-state index contributed by atoms with van der Waals surface area (Å²) < 4.78 is 5.39. The maximum atomic E-state index is 10.8. The molecule has 13 heavy (non-hydrogen) atoms. The first-order valence-electron chi connectivity index (χ1n) is 3.33. The number of carbonyl (C=O) groups excluding carboxylic acids is 1. The third-order valence-electron chi connectivity index (χ3n) is 1.23. The van der Waals surface area contributed by atoms with E-state index in [0.717, 1.165) is 4.68 Å². The van der Waals surface area contributed by atoms with Crippen molar-refractivity contribution in [1.82, 2.24) is 15.0 Å². The lowest BCUT2D eigenvalue weighted by Gasteiger charge is -1.91. The summed E-state index contributed by atoms with van der Waals surface area (Å²) in [5, 5.41) is 15.2. The Kier molecular flexibility index (Phi) is 2.58. The molecule has 1 heterocycles. The van der Waals surface area contributed by atoms with Gasteiger partial charge in [0, 0.05) is 0 Å². The van der Waals surface area contributed by atoms with E-state index in [1.54, 1.807) is 0 Å². The highest BCUT2D eigenvalue weighted by Crippen LogP contribution is 1.94. The van der Waals surface area contributed by atoms with Crippen molar-refractivity contribution < 1.29 is 19.4 Å². The Morgan fingerprint density at radius 1 is 1.69 bits per heavy atom. The number of aliphatic carboxylic acids is 1. The van der Waals surface area contributed by atoms with Crippen molar-refractivity contribution in [3.63, 3.8) is 0 Å². The average Bonchev–Trinajstić information content (AvgIpc) is 2.50. The molecule has 1 aromatic heterocycles. The maximum absolute atomic E-state index is 10.8. The number of methoxy groups -OCH3 is 1. The van der Waals surface area contributed by atoms with Crippen molar-refractivity contribution in [3.05, 3.63) is 11.9 Å². The summed E-state index contributed by atoms with van der Waals surface area (Å²) in [5.74, 6) is -1.70. The van der Waals surface area contributed by atoms with Gasteiger partial charge < -0.3 is 9.84 Å². The quantitative estimate of drug-likeness (QED) is 0.616. The van der Waals surface area contributed by atoms with Gasteiger partial charge in [0.25, 0.3) is 0 Å². The van der Waals surface area contributed by atoms with Gasteiger partial charge in [-0.15, -0.1) is 5.10 Å². The van der Waals surface area contributed by atoms with Crippen LogP contribution >= 0.6 is 0 Å². The second kappa shape index (κ2) is 3.65. The molecule has 0 radical (unpaired) electrons. The average molecular weight is 185 g/mol. The molecule has 1 aromatic rings. The van der Waals surface area contributed by atoms with E-state index in [1.807, 2.05) is 0 Å². The van der Waals surface area contributed by atoms with Crippen LogP contribution in [-0.4, -0.2) is 39.1 Å². The number of carboxylic acids is 1. The highest BCUT2D eigenvalue weighted by molar-refractivity contribution is 5.86. The molecule has 0 unspecified atom stereocenters. The number of rotatable bonds is 3. The van der Waals surface area contributed by atoms with Gasteiger partial charge in [0.1, 0.15) is 6.54 Å². The molecule has 0 saturated carbocycles. The Labute approximate surface area is 72.9 Å². The Morgan fingerprint density at radius 3 is 2.92 bits per heavy atom. The van der Waals surface area contributed by atoms with Crippen LogP contribution in [0.5, 0.6) is 0 Å². The van der Waals surface area contributed by atoms with Crippen LogP contribution in [-0.2, 0) is 16.1 Å². The molecule has 7 heteroatoms. The van der Waals surface area contributed by atoms with E-state index in [2.05, 4.69) is 15.0 Å². The molecule has 0 aliphatic rings. The third kappa shape index (κ3) is 2.26. The molecule has 7 nitrogen and oxygen atoms in total. The predicted molar refractivity (Wildman–Crippen MR) is 39.0 cm³/mol. The summed E-state index contributed by atoms with van der Waals surface area (Å²) in [7, 11) is 1.21. The molecule has 0 amide bonds. The topological polar surface area (TPSA) is 94.3 Å². The minimum atomic E-state index is -1.05. The van der Waals surface area contributed by atoms with Gasteiger partial charge in [-0.25, -0.2) is 9.48 Å². The van der Waals surface area contributed by atoms with Crippen molar-refractivity contribution in [1.29, 1.82) is 0 Å². The van der Waals surface area contributed by atoms with Crippen LogP contribution in [0.25, 0.3) is 0 Å². The van der Waals surface area contributed by atoms with Gasteiger partial charge in [-0.3, -0.25) is 4.79 Å². The molecule has 0 atom stereocenters. The van der Waals surface area contributed by atoms with Gasteiger partial charge >= 0.3 is 11.9 Å². The lowest BCUT2D eigenvalue weighted by molar-refractivity contribution is -0.137. The van der Waals surface area contributed by atoms with Crippen molar-refractivity contribution >= 4 is 11.9 Å². The van der Waals surface area contributed by atoms with Gasteiger partial charge in [-0.05, 0) is 0 Å². The van der Waals surface area contributed by atoms with Crippen LogP contribution in [0.1, 0.15) is 10.5 Å². The van der Waals surface area contributed by atoms with Crippen molar-refractivity contribution in [2.45, 2.75) is 6.54 Å². The number of aromatic nitrogens is 3. The second-order valence-corrected chi connectivity index (χ2v) is 2.19. The highest BCUT2D eigenvalue weighted by Gasteiger charge is 2.11. The molecule has 0 spiro atoms. The number of carboxylic acid groups (broad SMARTS) is 1. The van der Waals surface area contributed by atoms with Crippen LogP contribution in [0, 0.1) is 0 Å². The summed E-state index contributed by atoms with van der Waals surface area (Å²) >= 11 is 0. The molecule has 0 aliphatic heterocycles. The molecular weight excluding hydrogens is 178 g/mol. The zero-order valence-corrected chi connectivity index (χ0v) is 6.80. The smallest absolute Gasteiger partial charge is 0.360 e. The number of ether oxygens (including phenoxy) is 1. The summed E-state index contributed by atoms with van der Waals surface area (Å²) in [6, 6.07) is 0. The molecular formula is C6H7N3O4. The summed E-state index contributed by atoms with van der Waals surface area (Å²) in [6.45, 7) is -0.329. The Hall–Kier alpha value is -1.92. The number of hydrogen-bond donors (Lipinski definition) is 1. The third-order valence-corrected chi connectivity index (χ3v) is 1.23. The first-order chi connectivity index (χ1) is 6.13. The fourth-order valence-corrected chi connectivity index (χ4v) is 0.712. The molecule has 1 N–H and O–H groups in total. The van der Waals surface area contributed by atoms with E-state index in [-0.39, 0.29) is 12.2 Å². The minimum Gasteiger partial charge on any atom is -0.480 e. The zero-order chi connectivity index (χ0) is 9.84. The lowest BCUT2D eigenvalue weighted by Crippen LogP contribution is -2.09. The number of esters is 1. The molecule has 70 valence electrons. The van der Waals surface area contributed by atoms with Crippen molar-refractivity contribution in [3.8, 4) is 0 Å². The first kappa shape index (κ1) is 9.17. The zero-order valence-electron chi connectivity index (χ0n) is 6.80. The maximum Gasteiger partial charge on any atom is 0.360 e. The molecule has 0 bridgehead atoms. The molecule has 0 aromatic carbocycles. The highest BCUT2D eigenvalue weighted by atomic mass is 16.5. The SMILES string of the molecule is COC(=O)c1cn(CC(=O)O)nn1. The molecule has 0 aliphatic carbocycles. The fraction of sp³-hybridized carbons (Fsp3) is 0.333. The Balaban J connectivity index is 2.74. The first-order valence-corrected chi connectivity index (χ1v) is 3.33. The van der Waals surface area contributed by atoms with E-state index in [9.17, 15) is 9.59 Å². The number of hydrogen-bond acceptors (Lipinski definition) is 5. The van der Waals surface area contributed by atoms with Crippen molar-refractivity contribution in [2.24, 2.45) is 0 Å². The van der Waals surface area contributed by atoms with Gasteiger partial charge in [0.05, 0.1) is 13.3 Å². The Bertz CT molecular complexity index is 332. The van der Waals surface area contributed by atoms with E-state index in [4.69, 9.17) is 5.11 Å². The standard InChI is InChI=1S/C6H7N3O4/c1-13-6(12)4-2-9(8-7-4)3-5(10)11/h2H,3H2,1H3,(H,10,11).